The van der Waals surface area contributed by atoms with Gasteiger partial charge in [-0.15, -0.1) is 0 Å². The van der Waals surface area contributed by atoms with Gasteiger partial charge in [0.15, 0.2) is 0 Å². The normalized spacial score (nSPS) is 38.0. The van der Waals surface area contributed by atoms with Crippen molar-refractivity contribution in [3.63, 3.8) is 0 Å². The summed E-state index contributed by atoms with van der Waals surface area (Å²) in [7, 11) is 0. The fraction of sp³-hybridized carbons (Fsp3) is 1.00. The summed E-state index contributed by atoms with van der Waals surface area (Å²) in [6.45, 7) is 2.22. The maximum atomic E-state index is 12.3. The van der Waals surface area contributed by atoms with Crippen molar-refractivity contribution in [1.82, 2.24) is 0 Å². The van der Waals surface area contributed by atoms with E-state index >= 15 is 0 Å². The Morgan fingerprint density at radius 3 is 1.26 bits per heavy atom. The molecule has 3 saturated carbocycles. The molecule has 1 heteroatoms. The Morgan fingerprint density at radius 1 is 0.519 bits per heavy atom. The van der Waals surface area contributed by atoms with Crippen LogP contribution in [0.4, 0.5) is 4.39 Å². The zero-order valence-electron chi connectivity index (χ0n) is 18.3. The summed E-state index contributed by atoms with van der Waals surface area (Å²) < 4.78 is 12.3. The Bertz CT molecular complexity index is 368. The summed E-state index contributed by atoms with van der Waals surface area (Å²) in [6.07, 6.45) is 25.8. The molecule has 0 bridgehead atoms. The number of rotatable bonds is 9. The van der Waals surface area contributed by atoms with Gasteiger partial charge in [-0.05, 0) is 93.3 Å². The van der Waals surface area contributed by atoms with E-state index in [2.05, 4.69) is 6.92 Å². The average Bonchev–Trinajstić information content (AvgIpc) is 2.73. The molecule has 27 heavy (non-hydrogen) atoms. The van der Waals surface area contributed by atoms with E-state index in [-0.39, 0.29) is 6.67 Å². The molecule has 0 atom stereocenters. The van der Waals surface area contributed by atoms with Gasteiger partial charge in [-0.25, -0.2) is 0 Å². The van der Waals surface area contributed by atoms with Crippen LogP contribution in [0.1, 0.15) is 122 Å². The molecule has 0 saturated heterocycles. The Morgan fingerprint density at radius 2 is 0.889 bits per heavy atom. The summed E-state index contributed by atoms with van der Waals surface area (Å²) in [5, 5.41) is 0. The molecule has 0 unspecified atom stereocenters. The van der Waals surface area contributed by atoms with Gasteiger partial charge in [-0.1, -0.05) is 64.7 Å². The minimum Gasteiger partial charge on any atom is -0.251 e. The molecule has 0 nitrogen and oxygen atoms in total. The minimum atomic E-state index is -0.112. The Kier molecular flexibility index (Phi) is 9.47. The Labute approximate surface area is 169 Å². The smallest absolute Gasteiger partial charge is 0.0894 e. The molecule has 0 spiro atoms. The van der Waals surface area contributed by atoms with E-state index in [1.807, 2.05) is 0 Å². The maximum Gasteiger partial charge on any atom is 0.0894 e. The molecule has 158 valence electrons. The lowest BCUT2D eigenvalue weighted by molar-refractivity contribution is 0.102. The number of unbranched alkanes of at least 4 members (excludes halogenated alkanes) is 2. The van der Waals surface area contributed by atoms with Crippen LogP contribution in [0.2, 0.25) is 0 Å². The van der Waals surface area contributed by atoms with Crippen LogP contribution in [0.25, 0.3) is 0 Å². The molecular weight excluding hydrogens is 331 g/mol. The molecular formula is C26H47F. The summed E-state index contributed by atoms with van der Waals surface area (Å²) in [4.78, 5) is 0. The van der Waals surface area contributed by atoms with Crippen LogP contribution in [0, 0.1) is 35.5 Å². The van der Waals surface area contributed by atoms with Crippen molar-refractivity contribution in [2.45, 2.75) is 122 Å². The Hall–Kier alpha value is -0.0700. The standard InChI is InChI=1S/C26H47F/c1-2-3-6-21-8-12-23(13-9-21)25-16-18-26(19-17-25)24-14-10-22(11-15-24)7-4-5-20-27/h21-26H,2-20H2,1H3. The molecule has 0 amide bonds. The molecule has 0 radical (unpaired) electrons. The summed E-state index contributed by atoms with van der Waals surface area (Å²) >= 11 is 0. The van der Waals surface area contributed by atoms with E-state index in [1.54, 1.807) is 25.7 Å². The molecule has 0 aromatic heterocycles. The third kappa shape index (κ3) is 6.74. The molecule has 3 aliphatic carbocycles. The average molecular weight is 379 g/mol. The largest absolute Gasteiger partial charge is 0.251 e. The van der Waals surface area contributed by atoms with Crippen LogP contribution in [0.3, 0.4) is 0 Å². The zero-order chi connectivity index (χ0) is 18.9. The first kappa shape index (κ1) is 21.6. The van der Waals surface area contributed by atoms with Crippen molar-refractivity contribution in [1.29, 1.82) is 0 Å². The van der Waals surface area contributed by atoms with E-state index < -0.39 is 0 Å². The van der Waals surface area contributed by atoms with Gasteiger partial charge in [-0.3, -0.25) is 4.39 Å². The summed E-state index contributed by atoms with van der Waals surface area (Å²) in [6, 6.07) is 0. The van der Waals surface area contributed by atoms with E-state index in [0.717, 1.165) is 48.3 Å². The van der Waals surface area contributed by atoms with Crippen LogP contribution < -0.4 is 0 Å². The number of hydrogen-bond acceptors (Lipinski definition) is 0. The summed E-state index contributed by atoms with van der Waals surface area (Å²) in [5.41, 5.74) is 0. The minimum absolute atomic E-state index is 0.112. The van der Waals surface area contributed by atoms with Crippen LogP contribution in [-0.2, 0) is 0 Å². The molecule has 0 aromatic carbocycles. The van der Waals surface area contributed by atoms with Crippen LogP contribution in [0.5, 0.6) is 0 Å². The molecule has 3 aliphatic rings. The number of hydrogen-bond donors (Lipinski definition) is 0. The molecule has 0 heterocycles. The molecule has 3 fully saturated rings. The highest BCUT2D eigenvalue weighted by molar-refractivity contribution is 4.85. The van der Waals surface area contributed by atoms with Crippen molar-refractivity contribution in [2.24, 2.45) is 35.5 Å². The topological polar surface area (TPSA) is 0 Å². The lowest BCUT2D eigenvalue weighted by atomic mass is 9.64. The third-order valence-corrected chi connectivity index (χ3v) is 8.89. The maximum absolute atomic E-state index is 12.3. The molecule has 0 N–H and O–H groups in total. The van der Waals surface area contributed by atoms with Gasteiger partial charge in [0.25, 0.3) is 0 Å². The summed E-state index contributed by atoms with van der Waals surface area (Å²) in [5.74, 6) is 6.23. The SMILES string of the molecule is CCCCC1CCC(C2CCC(C3CCC(CCCCF)CC3)CC2)CC1. The quantitative estimate of drug-likeness (QED) is 0.352. The van der Waals surface area contributed by atoms with Crippen molar-refractivity contribution < 1.29 is 4.39 Å². The van der Waals surface area contributed by atoms with Gasteiger partial charge in [0.1, 0.15) is 0 Å². The van der Waals surface area contributed by atoms with Gasteiger partial charge in [0.05, 0.1) is 6.67 Å². The first-order valence-corrected chi connectivity index (χ1v) is 12.9. The van der Waals surface area contributed by atoms with Crippen LogP contribution >= 0.6 is 0 Å². The fourth-order valence-corrected chi connectivity index (χ4v) is 7.00. The molecule has 0 aliphatic heterocycles. The van der Waals surface area contributed by atoms with Crippen LogP contribution in [0.15, 0.2) is 0 Å². The predicted molar refractivity (Wildman–Crippen MR) is 116 cm³/mol. The first-order valence-electron chi connectivity index (χ1n) is 12.9. The van der Waals surface area contributed by atoms with E-state index in [0.29, 0.717) is 0 Å². The Balaban J connectivity index is 1.31. The lowest BCUT2D eigenvalue weighted by Crippen LogP contribution is -2.29. The predicted octanol–water partition coefficient (Wildman–Crippen LogP) is 8.74. The monoisotopic (exact) mass is 378 g/mol. The van der Waals surface area contributed by atoms with E-state index in [9.17, 15) is 4.39 Å². The lowest BCUT2D eigenvalue weighted by Gasteiger charge is -2.41. The number of halogens is 1. The van der Waals surface area contributed by atoms with Gasteiger partial charge < -0.3 is 0 Å². The zero-order valence-corrected chi connectivity index (χ0v) is 18.3. The highest BCUT2D eigenvalue weighted by Crippen LogP contribution is 2.46. The van der Waals surface area contributed by atoms with Gasteiger partial charge >= 0.3 is 0 Å². The fourth-order valence-electron chi connectivity index (χ4n) is 7.00. The van der Waals surface area contributed by atoms with Gasteiger partial charge in [0.2, 0.25) is 0 Å². The van der Waals surface area contributed by atoms with Crippen molar-refractivity contribution in [2.75, 3.05) is 6.67 Å². The highest BCUT2D eigenvalue weighted by atomic mass is 19.1. The van der Waals surface area contributed by atoms with Crippen LogP contribution in [-0.4, -0.2) is 6.67 Å². The molecule has 3 rings (SSSR count). The first-order chi connectivity index (χ1) is 13.3. The van der Waals surface area contributed by atoms with Crippen molar-refractivity contribution in [3.8, 4) is 0 Å². The number of alkyl halides is 1. The van der Waals surface area contributed by atoms with E-state index in [1.165, 1.54) is 77.0 Å². The highest BCUT2D eigenvalue weighted by Gasteiger charge is 2.34. The second-order valence-electron chi connectivity index (χ2n) is 10.6. The van der Waals surface area contributed by atoms with Gasteiger partial charge in [-0.2, -0.15) is 0 Å². The third-order valence-electron chi connectivity index (χ3n) is 8.89. The van der Waals surface area contributed by atoms with E-state index in [4.69, 9.17) is 0 Å². The van der Waals surface area contributed by atoms with Crippen molar-refractivity contribution in [3.05, 3.63) is 0 Å². The second kappa shape index (κ2) is 11.8. The van der Waals surface area contributed by atoms with Crippen molar-refractivity contribution >= 4 is 0 Å². The second-order valence-corrected chi connectivity index (χ2v) is 10.6. The van der Waals surface area contributed by atoms with Gasteiger partial charge in [0, 0.05) is 0 Å². The molecule has 0 aromatic rings.